The predicted molar refractivity (Wildman–Crippen MR) is 115 cm³/mol. The van der Waals surface area contributed by atoms with Gasteiger partial charge in [-0.2, -0.15) is 0 Å². The minimum atomic E-state index is -3.41. The number of hydrogen-bond donors (Lipinski definition) is 0. The van der Waals surface area contributed by atoms with Crippen molar-refractivity contribution >= 4 is 33.2 Å². The number of carbonyl (C=O) groups is 1. The largest absolute Gasteiger partial charge is 0.463 e. The summed E-state index contributed by atoms with van der Waals surface area (Å²) in [5.74, 6) is -2.24. The molecule has 170 valence electrons. The molecule has 4 rings (SSSR count). The third kappa shape index (κ3) is 4.61. The first-order chi connectivity index (χ1) is 15.2. The first-order valence-corrected chi connectivity index (χ1v) is 12.2. The summed E-state index contributed by atoms with van der Waals surface area (Å²) >= 11 is 5.65. The minimum absolute atomic E-state index is 0.100. The van der Waals surface area contributed by atoms with E-state index in [-0.39, 0.29) is 33.6 Å². The molecule has 0 unspecified atom stereocenters. The molecular weight excluding hydrogens is 464 g/mol. The van der Waals surface area contributed by atoms with Crippen LogP contribution in [0.5, 0.6) is 0 Å². The van der Waals surface area contributed by atoms with Gasteiger partial charge in [-0.1, -0.05) is 17.2 Å². The number of nitrogens with zero attached hydrogens (tertiary/aromatic N) is 3. The van der Waals surface area contributed by atoms with Crippen molar-refractivity contribution in [3.05, 3.63) is 51.7 Å². The molecule has 0 spiro atoms. The normalized spacial score (nSPS) is 17.2. The van der Waals surface area contributed by atoms with E-state index in [1.54, 1.807) is 6.92 Å². The maximum atomic E-state index is 14.5. The monoisotopic (exact) mass is 483 g/mol. The fraction of sp³-hybridized carbons (Fsp3) is 0.381. The zero-order valence-corrected chi connectivity index (χ0v) is 18.8. The highest BCUT2D eigenvalue weighted by atomic mass is 35.5. The van der Waals surface area contributed by atoms with E-state index in [4.69, 9.17) is 16.3 Å². The number of piperidine rings is 1. The molecule has 0 amide bonds. The number of ether oxygens (including phenoxy) is 1. The topological polar surface area (TPSA) is 89.5 Å². The van der Waals surface area contributed by atoms with E-state index in [0.29, 0.717) is 43.9 Å². The summed E-state index contributed by atoms with van der Waals surface area (Å²) in [6.45, 7) is 2.98. The molecule has 11 heteroatoms. The summed E-state index contributed by atoms with van der Waals surface area (Å²) in [4.78, 5) is 22.3. The smallest absolute Gasteiger partial charge is 0.330 e. The summed E-state index contributed by atoms with van der Waals surface area (Å²) < 4.78 is 58.0. The van der Waals surface area contributed by atoms with Gasteiger partial charge in [-0.05, 0) is 31.9 Å². The van der Waals surface area contributed by atoms with Gasteiger partial charge in [0.1, 0.15) is 17.5 Å². The zero-order chi connectivity index (χ0) is 23.0. The Labute approximate surface area is 189 Å². The quantitative estimate of drug-likeness (QED) is 0.373. The number of fused-ring (bicyclic) bond motifs is 1. The van der Waals surface area contributed by atoms with Gasteiger partial charge in [-0.15, -0.1) is 0 Å². The number of halogens is 3. The van der Waals surface area contributed by atoms with Crippen LogP contribution >= 0.6 is 11.6 Å². The maximum Gasteiger partial charge on any atom is 0.330 e. The highest BCUT2D eigenvalue weighted by molar-refractivity contribution is 7.90. The average molecular weight is 484 g/mol. The van der Waals surface area contributed by atoms with Crippen molar-refractivity contribution < 1.29 is 26.7 Å². The SMILES string of the molecule is CCOC(=O)C=C1CCN(c2nc(-c3cc(F)c(Cl)cc3F)nc3c2CS(=O)(=O)C3)CC1. The van der Waals surface area contributed by atoms with Crippen LogP contribution in [0.1, 0.15) is 31.0 Å². The molecule has 2 aromatic rings. The zero-order valence-electron chi connectivity index (χ0n) is 17.2. The first kappa shape index (κ1) is 22.6. The van der Waals surface area contributed by atoms with E-state index in [0.717, 1.165) is 17.7 Å². The van der Waals surface area contributed by atoms with Gasteiger partial charge in [-0.3, -0.25) is 0 Å². The molecule has 0 radical (unpaired) electrons. The molecule has 3 heterocycles. The number of benzene rings is 1. The molecule has 2 aliphatic rings. The number of sulfone groups is 1. The van der Waals surface area contributed by atoms with Crippen LogP contribution in [0.4, 0.5) is 14.6 Å². The second-order valence-electron chi connectivity index (χ2n) is 7.62. The van der Waals surface area contributed by atoms with Gasteiger partial charge in [0.15, 0.2) is 15.7 Å². The Morgan fingerprint density at radius 1 is 1.19 bits per heavy atom. The van der Waals surface area contributed by atoms with Crippen LogP contribution in [0.15, 0.2) is 23.8 Å². The van der Waals surface area contributed by atoms with Gasteiger partial charge < -0.3 is 9.64 Å². The predicted octanol–water partition coefficient (Wildman–Crippen LogP) is 3.59. The lowest BCUT2D eigenvalue weighted by Gasteiger charge is -2.31. The number of anilines is 1. The highest BCUT2D eigenvalue weighted by Gasteiger charge is 2.33. The maximum absolute atomic E-state index is 14.5. The van der Waals surface area contributed by atoms with E-state index < -0.39 is 27.4 Å². The molecule has 7 nitrogen and oxygen atoms in total. The van der Waals surface area contributed by atoms with Crippen LogP contribution in [0, 0.1) is 11.6 Å². The number of esters is 1. The summed E-state index contributed by atoms with van der Waals surface area (Å²) in [7, 11) is -3.41. The number of carbonyl (C=O) groups excluding carboxylic acids is 1. The third-order valence-corrected chi connectivity index (χ3v) is 7.09. The van der Waals surface area contributed by atoms with Crippen molar-refractivity contribution in [3.8, 4) is 11.4 Å². The lowest BCUT2D eigenvalue weighted by atomic mass is 10.0. The van der Waals surface area contributed by atoms with E-state index >= 15 is 0 Å². The van der Waals surface area contributed by atoms with Gasteiger partial charge >= 0.3 is 5.97 Å². The van der Waals surface area contributed by atoms with Crippen molar-refractivity contribution in [1.82, 2.24) is 9.97 Å². The minimum Gasteiger partial charge on any atom is -0.463 e. The van der Waals surface area contributed by atoms with Crippen LogP contribution in [0.25, 0.3) is 11.4 Å². The van der Waals surface area contributed by atoms with Gasteiger partial charge in [-0.25, -0.2) is 32.0 Å². The molecular formula is C21H20ClF2N3O4S. The van der Waals surface area contributed by atoms with E-state index in [2.05, 4.69) is 9.97 Å². The Morgan fingerprint density at radius 3 is 2.59 bits per heavy atom. The van der Waals surface area contributed by atoms with Gasteiger partial charge in [0, 0.05) is 24.7 Å². The van der Waals surface area contributed by atoms with Crippen molar-refractivity contribution in [3.63, 3.8) is 0 Å². The van der Waals surface area contributed by atoms with Crippen molar-refractivity contribution in [2.24, 2.45) is 0 Å². The Hall–Kier alpha value is -2.59. The van der Waals surface area contributed by atoms with Crippen LogP contribution in [-0.4, -0.2) is 44.1 Å². The van der Waals surface area contributed by atoms with Crippen LogP contribution in [0.2, 0.25) is 5.02 Å². The Morgan fingerprint density at radius 2 is 1.91 bits per heavy atom. The summed E-state index contributed by atoms with van der Waals surface area (Å²) in [6, 6.07) is 1.75. The van der Waals surface area contributed by atoms with E-state index in [1.807, 2.05) is 4.90 Å². The molecule has 0 bridgehead atoms. The fourth-order valence-electron chi connectivity index (χ4n) is 3.84. The van der Waals surface area contributed by atoms with Gasteiger partial charge in [0.05, 0.1) is 34.4 Å². The average Bonchev–Trinajstić information content (AvgIpc) is 3.04. The van der Waals surface area contributed by atoms with Crippen molar-refractivity contribution in [2.45, 2.75) is 31.3 Å². The molecule has 2 aliphatic heterocycles. The standard InChI is InChI=1S/C21H20ClF2N3O4S/c1-2-31-19(28)7-12-3-5-27(6-4-12)21-14-10-32(29,30)11-18(14)25-20(26-21)13-8-17(24)15(22)9-16(13)23/h7-9H,2-6,10-11H2,1H3. The van der Waals surface area contributed by atoms with Crippen LogP contribution in [0.3, 0.4) is 0 Å². The Bertz CT molecular complexity index is 1220. The summed E-state index contributed by atoms with van der Waals surface area (Å²) in [6.07, 6.45) is 2.60. The van der Waals surface area contributed by atoms with E-state index in [9.17, 15) is 22.0 Å². The highest BCUT2D eigenvalue weighted by Crippen LogP contribution is 2.36. The molecule has 0 saturated carbocycles. The molecule has 1 aromatic heterocycles. The molecule has 0 N–H and O–H groups in total. The number of rotatable bonds is 4. The molecule has 0 atom stereocenters. The lowest BCUT2D eigenvalue weighted by Crippen LogP contribution is -2.32. The van der Waals surface area contributed by atoms with Crippen molar-refractivity contribution in [2.75, 3.05) is 24.6 Å². The fourth-order valence-corrected chi connectivity index (χ4v) is 5.48. The van der Waals surface area contributed by atoms with E-state index in [1.165, 1.54) is 6.08 Å². The molecule has 1 saturated heterocycles. The molecule has 1 aromatic carbocycles. The first-order valence-electron chi connectivity index (χ1n) is 10.0. The second kappa shape index (κ2) is 8.74. The summed E-state index contributed by atoms with van der Waals surface area (Å²) in [5, 5.41) is -0.368. The second-order valence-corrected chi connectivity index (χ2v) is 10.1. The van der Waals surface area contributed by atoms with Crippen LogP contribution in [-0.2, 0) is 30.9 Å². The number of hydrogen-bond acceptors (Lipinski definition) is 7. The molecule has 1 fully saturated rings. The molecule has 0 aliphatic carbocycles. The van der Waals surface area contributed by atoms with Crippen LogP contribution < -0.4 is 4.90 Å². The Kier molecular flexibility index (Phi) is 6.17. The number of aromatic nitrogens is 2. The molecule has 32 heavy (non-hydrogen) atoms. The summed E-state index contributed by atoms with van der Waals surface area (Å²) in [5.41, 5.74) is 1.48. The van der Waals surface area contributed by atoms with Gasteiger partial charge in [0.2, 0.25) is 0 Å². The van der Waals surface area contributed by atoms with Crippen molar-refractivity contribution in [1.29, 1.82) is 0 Å². The van der Waals surface area contributed by atoms with Gasteiger partial charge in [0.25, 0.3) is 0 Å². The lowest BCUT2D eigenvalue weighted by molar-refractivity contribution is -0.137. The Balaban J connectivity index is 1.70. The third-order valence-electron chi connectivity index (χ3n) is 5.36.